The highest BCUT2D eigenvalue weighted by Crippen LogP contribution is 2.29. The van der Waals surface area contributed by atoms with Crippen LogP contribution in [0.3, 0.4) is 0 Å². The van der Waals surface area contributed by atoms with Gasteiger partial charge in [-0.1, -0.05) is 6.92 Å². The zero-order chi connectivity index (χ0) is 11.0. The highest BCUT2D eigenvalue weighted by Gasteiger charge is 2.25. The lowest BCUT2D eigenvalue weighted by molar-refractivity contribution is 0.198. The van der Waals surface area contributed by atoms with Gasteiger partial charge in [0.1, 0.15) is 0 Å². The van der Waals surface area contributed by atoms with Gasteiger partial charge >= 0.3 is 0 Å². The van der Waals surface area contributed by atoms with Crippen LogP contribution < -0.4 is 10.6 Å². The number of rotatable bonds is 2. The predicted molar refractivity (Wildman–Crippen MR) is 59.8 cm³/mol. The fraction of sp³-hybridized carbons (Fsp3) is 0.700. The number of aliphatic hydroxyl groups excluding tert-OH is 1. The van der Waals surface area contributed by atoms with Gasteiger partial charge in [0.25, 0.3) is 0 Å². The van der Waals surface area contributed by atoms with Crippen molar-refractivity contribution in [2.75, 3.05) is 23.7 Å². The zero-order valence-electron chi connectivity index (χ0n) is 9.27. The number of nitrogens with zero attached hydrogens (tertiary/aromatic N) is 3. The van der Waals surface area contributed by atoms with Crippen LogP contribution in [0.5, 0.6) is 0 Å². The molecule has 1 aromatic rings. The van der Waals surface area contributed by atoms with Crippen molar-refractivity contribution >= 4 is 11.5 Å². The standard InChI is InChI=1S/C10H18N4O/c1-3-8-9(11)10(13(2)12-8)14-5-4-7(15)6-14/h7,15H,3-6,11H2,1-2H3. The normalized spacial score (nSPS) is 21.3. The molecule has 2 rings (SSSR count). The lowest BCUT2D eigenvalue weighted by Crippen LogP contribution is -2.24. The van der Waals surface area contributed by atoms with E-state index in [2.05, 4.69) is 10.00 Å². The molecule has 5 nitrogen and oxygen atoms in total. The molecule has 3 N–H and O–H groups in total. The van der Waals surface area contributed by atoms with Gasteiger partial charge in [-0.05, 0) is 12.8 Å². The smallest absolute Gasteiger partial charge is 0.150 e. The summed E-state index contributed by atoms with van der Waals surface area (Å²) in [7, 11) is 1.90. The second-order valence-electron chi connectivity index (χ2n) is 4.05. The Morgan fingerprint density at radius 1 is 1.60 bits per heavy atom. The molecule has 0 amide bonds. The molecule has 0 aromatic carbocycles. The average Bonchev–Trinajstić information content (AvgIpc) is 2.71. The molecule has 0 bridgehead atoms. The molecule has 15 heavy (non-hydrogen) atoms. The molecule has 0 saturated carbocycles. The molecule has 1 aromatic heterocycles. The quantitative estimate of drug-likeness (QED) is 0.728. The van der Waals surface area contributed by atoms with Crippen molar-refractivity contribution in [1.82, 2.24) is 9.78 Å². The SMILES string of the molecule is CCc1nn(C)c(N2CCC(O)C2)c1N. The van der Waals surface area contributed by atoms with Gasteiger partial charge in [-0.15, -0.1) is 0 Å². The largest absolute Gasteiger partial charge is 0.394 e. The Kier molecular flexibility index (Phi) is 2.56. The van der Waals surface area contributed by atoms with Crippen LogP contribution in [0.2, 0.25) is 0 Å². The molecule has 1 saturated heterocycles. The van der Waals surface area contributed by atoms with E-state index in [4.69, 9.17) is 5.73 Å². The third kappa shape index (κ3) is 1.67. The summed E-state index contributed by atoms with van der Waals surface area (Å²) in [6.07, 6.45) is 1.42. The number of aliphatic hydroxyl groups is 1. The molecule has 2 heterocycles. The number of β-amino-alcohol motifs (C(OH)–C–C–N with tert-alkyl or cyclic N) is 1. The monoisotopic (exact) mass is 210 g/mol. The molecule has 0 aliphatic carbocycles. The molecular weight excluding hydrogens is 192 g/mol. The minimum absolute atomic E-state index is 0.232. The number of aryl methyl sites for hydroxylation is 2. The van der Waals surface area contributed by atoms with Crippen molar-refractivity contribution in [3.8, 4) is 0 Å². The summed E-state index contributed by atoms with van der Waals surface area (Å²) in [5.41, 5.74) is 7.73. The van der Waals surface area contributed by atoms with Crippen molar-refractivity contribution in [1.29, 1.82) is 0 Å². The maximum atomic E-state index is 9.49. The molecule has 0 spiro atoms. The Morgan fingerprint density at radius 3 is 2.80 bits per heavy atom. The Hall–Kier alpha value is -1.23. The maximum absolute atomic E-state index is 9.49. The van der Waals surface area contributed by atoms with E-state index in [0.717, 1.165) is 36.6 Å². The van der Waals surface area contributed by atoms with Gasteiger partial charge in [0.05, 0.1) is 17.5 Å². The lowest BCUT2D eigenvalue weighted by atomic mass is 10.3. The Morgan fingerprint density at radius 2 is 2.33 bits per heavy atom. The molecule has 5 heteroatoms. The van der Waals surface area contributed by atoms with Crippen molar-refractivity contribution in [3.63, 3.8) is 0 Å². The summed E-state index contributed by atoms with van der Waals surface area (Å²) in [6.45, 7) is 3.56. The first-order valence-corrected chi connectivity index (χ1v) is 5.37. The average molecular weight is 210 g/mol. The zero-order valence-corrected chi connectivity index (χ0v) is 9.27. The number of nitrogens with two attached hydrogens (primary N) is 1. The molecule has 1 fully saturated rings. The van der Waals surface area contributed by atoms with E-state index in [1.165, 1.54) is 0 Å². The van der Waals surface area contributed by atoms with Crippen LogP contribution in [0, 0.1) is 0 Å². The summed E-state index contributed by atoms with van der Waals surface area (Å²) >= 11 is 0. The van der Waals surface area contributed by atoms with Crippen LogP contribution in [0.15, 0.2) is 0 Å². The minimum atomic E-state index is -0.232. The lowest BCUT2D eigenvalue weighted by Gasteiger charge is -2.18. The van der Waals surface area contributed by atoms with E-state index in [-0.39, 0.29) is 6.10 Å². The number of hydrogen-bond donors (Lipinski definition) is 2. The van der Waals surface area contributed by atoms with Crippen LogP contribution >= 0.6 is 0 Å². The summed E-state index contributed by atoms with van der Waals surface area (Å²) in [6, 6.07) is 0. The second-order valence-corrected chi connectivity index (χ2v) is 4.05. The molecule has 1 atom stereocenters. The Balaban J connectivity index is 2.31. The van der Waals surface area contributed by atoms with Crippen LogP contribution in [-0.4, -0.2) is 34.1 Å². The second kappa shape index (κ2) is 3.73. The van der Waals surface area contributed by atoms with Crippen LogP contribution in [0.4, 0.5) is 11.5 Å². The van der Waals surface area contributed by atoms with Crippen molar-refractivity contribution in [3.05, 3.63) is 5.69 Å². The van der Waals surface area contributed by atoms with E-state index in [0.29, 0.717) is 6.54 Å². The predicted octanol–water partition coefficient (Wildman–Crippen LogP) is 0.136. The third-order valence-electron chi connectivity index (χ3n) is 2.93. The van der Waals surface area contributed by atoms with Crippen LogP contribution in [-0.2, 0) is 13.5 Å². The van der Waals surface area contributed by atoms with Gasteiger partial charge in [0.2, 0.25) is 0 Å². The molecular formula is C10H18N4O. The Labute approximate surface area is 89.5 Å². The number of nitrogen functional groups attached to an aromatic ring is 1. The van der Waals surface area contributed by atoms with Crippen molar-refractivity contribution in [2.45, 2.75) is 25.9 Å². The fourth-order valence-electron chi connectivity index (χ4n) is 2.16. The van der Waals surface area contributed by atoms with E-state index in [1.54, 1.807) is 0 Å². The highest BCUT2D eigenvalue weighted by molar-refractivity contribution is 5.66. The number of hydrogen-bond acceptors (Lipinski definition) is 4. The molecule has 0 radical (unpaired) electrons. The molecule has 1 aliphatic rings. The van der Waals surface area contributed by atoms with Gasteiger partial charge in [0.15, 0.2) is 5.82 Å². The van der Waals surface area contributed by atoms with E-state index in [1.807, 2.05) is 18.7 Å². The number of aromatic nitrogens is 2. The first kappa shape index (κ1) is 10.3. The topological polar surface area (TPSA) is 67.3 Å². The van der Waals surface area contributed by atoms with Gasteiger partial charge in [-0.2, -0.15) is 5.10 Å². The summed E-state index contributed by atoms with van der Waals surface area (Å²) in [5.74, 6) is 0.948. The first-order valence-electron chi connectivity index (χ1n) is 5.37. The summed E-state index contributed by atoms with van der Waals surface area (Å²) < 4.78 is 1.81. The maximum Gasteiger partial charge on any atom is 0.150 e. The van der Waals surface area contributed by atoms with Gasteiger partial charge < -0.3 is 15.7 Å². The van der Waals surface area contributed by atoms with E-state index >= 15 is 0 Å². The summed E-state index contributed by atoms with van der Waals surface area (Å²) in [5, 5.41) is 13.9. The third-order valence-corrected chi connectivity index (χ3v) is 2.93. The van der Waals surface area contributed by atoms with Crippen molar-refractivity contribution in [2.24, 2.45) is 7.05 Å². The van der Waals surface area contributed by atoms with Gasteiger partial charge in [0, 0.05) is 20.1 Å². The number of anilines is 2. The van der Waals surface area contributed by atoms with Crippen LogP contribution in [0.1, 0.15) is 19.0 Å². The minimum Gasteiger partial charge on any atom is -0.394 e. The first-order chi connectivity index (χ1) is 7.13. The van der Waals surface area contributed by atoms with E-state index < -0.39 is 0 Å². The molecule has 1 unspecified atom stereocenters. The summed E-state index contributed by atoms with van der Waals surface area (Å²) in [4.78, 5) is 2.10. The van der Waals surface area contributed by atoms with Crippen molar-refractivity contribution < 1.29 is 5.11 Å². The molecule has 84 valence electrons. The molecule has 1 aliphatic heterocycles. The van der Waals surface area contributed by atoms with Crippen LogP contribution in [0.25, 0.3) is 0 Å². The van der Waals surface area contributed by atoms with Gasteiger partial charge in [-0.25, -0.2) is 0 Å². The Bertz CT molecular complexity index is 361. The highest BCUT2D eigenvalue weighted by atomic mass is 16.3. The van der Waals surface area contributed by atoms with E-state index in [9.17, 15) is 5.11 Å². The fourth-order valence-corrected chi connectivity index (χ4v) is 2.16. The van der Waals surface area contributed by atoms with Gasteiger partial charge in [-0.3, -0.25) is 4.68 Å².